The summed E-state index contributed by atoms with van der Waals surface area (Å²) in [5, 5.41) is 0. The molecule has 0 amide bonds. The standard InChI is InChI=1S/C13H13FN2O3S/c1-2-19-12-9-10(6-7-11(12)14)20(17,18)16-13-5-3-4-8-15-13/h3-9H,2H2,1H3,(H,15,16). The van der Waals surface area contributed by atoms with Crippen molar-refractivity contribution in [3.63, 3.8) is 0 Å². The molecular formula is C13H13FN2O3S. The van der Waals surface area contributed by atoms with E-state index in [1.54, 1.807) is 19.1 Å². The van der Waals surface area contributed by atoms with Crippen LogP contribution in [0.5, 0.6) is 5.75 Å². The minimum atomic E-state index is -3.83. The molecule has 20 heavy (non-hydrogen) atoms. The monoisotopic (exact) mass is 296 g/mol. The summed E-state index contributed by atoms with van der Waals surface area (Å²) < 4.78 is 45.0. The van der Waals surface area contributed by atoms with Crippen molar-refractivity contribution in [3.05, 3.63) is 48.4 Å². The van der Waals surface area contributed by atoms with E-state index in [0.29, 0.717) is 0 Å². The molecule has 0 saturated carbocycles. The molecule has 0 aliphatic heterocycles. The number of halogens is 1. The number of pyridine rings is 1. The number of nitrogens with one attached hydrogen (secondary N) is 1. The molecule has 0 radical (unpaired) electrons. The fraction of sp³-hybridized carbons (Fsp3) is 0.154. The minimum Gasteiger partial charge on any atom is -0.491 e. The third kappa shape index (κ3) is 3.24. The van der Waals surface area contributed by atoms with Crippen molar-refractivity contribution in [1.82, 2.24) is 4.98 Å². The Balaban J connectivity index is 2.32. The zero-order valence-electron chi connectivity index (χ0n) is 10.7. The summed E-state index contributed by atoms with van der Waals surface area (Å²) in [5.41, 5.74) is 0. The first-order valence-corrected chi connectivity index (χ1v) is 7.37. The molecule has 0 bridgehead atoms. The molecule has 1 aromatic heterocycles. The number of sulfonamides is 1. The van der Waals surface area contributed by atoms with Gasteiger partial charge in [-0.05, 0) is 31.2 Å². The number of ether oxygens (including phenoxy) is 1. The van der Waals surface area contributed by atoms with Crippen LogP contribution in [0.2, 0.25) is 0 Å². The smallest absolute Gasteiger partial charge is 0.263 e. The van der Waals surface area contributed by atoms with E-state index in [-0.39, 0.29) is 23.1 Å². The van der Waals surface area contributed by atoms with E-state index in [1.807, 2.05) is 0 Å². The molecule has 0 spiro atoms. The Morgan fingerprint density at radius 2 is 2.10 bits per heavy atom. The molecule has 0 aliphatic carbocycles. The Morgan fingerprint density at radius 1 is 1.30 bits per heavy atom. The molecule has 2 rings (SSSR count). The Bertz CT molecular complexity index is 690. The molecule has 1 N–H and O–H groups in total. The second kappa shape index (κ2) is 5.87. The highest BCUT2D eigenvalue weighted by molar-refractivity contribution is 7.92. The van der Waals surface area contributed by atoms with Gasteiger partial charge in [0.15, 0.2) is 11.6 Å². The van der Waals surface area contributed by atoms with Gasteiger partial charge in [0.1, 0.15) is 5.82 Å². The van der Waals surface area contributed by atoms with E-state index in [9.17, 15) is 12.8 Å². The van der Waals surface area contributed by atoms with Crippen LogP contribution in [0.3, 0.4) is 0 Å². The van der Waals surface area contributed by atoms with Crippen LogP contribution in [0.25, 0.3) is 0 Å². The molecule has 0 saturated heterocycles. The topological polar surface area (TPSA) is 68.3 Å². The molecule has 1 aromatic carbocycles. The number of aromatic nitrogens is 1. The quantitative estimate of drug-likeness (QED) is 0.920. The van der Waals surface area contributed by atoms with Crippen molar-refractivity contribution in [1.29, 1.82) is 0 Å². The van der Waals surface area contributed by atoms with E-state index in [1.165, 1.54) is 18.3 Å². The second-order valence-corrected chi connectivity index (χ2v) is 5.53. The summed E-state index contributed by atoms with van der Waals surface area (Å²) in [7, 11) is -3.83. The van der Waals surface area contributed by atoms with Crippen molar-refractivity contribution in [2.24, 2.45) is 0 Å². The summed E-state index contributed by atoms with van der Waals surface area (Å²) in [5.74, 6) is -0.519. The maximum absolute atomic E-state index is 13.4. The SMILES string of the molecule is CCOc1cc(S(=O)(=O)Nc2ccccn2)ccc1F. The van der Waals surface area contributed by atoms with Crippen molar-refractivity contribution in [3.8, 4) is 5.75 Å². The maximum atomic E-state index is 13.4. The van der Waals surface area contributed by atoms with Gasteiger partial charge in [-0.25, -0.2) is 17.8 Å². The Kier molecular flexibility index (Phi) is 4.19. The number of hydrogen-bond acceptors (Lipinski definition) is 4. The highest BCUT2D eigenvalue weighted by Crippen LogP contribution is 2.23. The van der Waals surface area contributed by atoms with E-state index in [2.05, 4.69) is 9.71 Å². The maximum Gasteiger partial charge on any atom is 0.263 e. The van der Waals surface area contributed by atoms with Crippen molar-refractivity contribution in [2.45, 2.75) is 11.8 Å². The van der Waals surface area contributed by atoms with E-state index in [4.69, 9.17) is 4.74 Å². The van der Waals surface area contributed by atoms with Crippen LogP contribution in [0.15, 0.2) is 47.5 Å². The lowest BCUT2D eigenvalue weighted by Crippen LogP contribution is -2.14. The van der Waals surface area contributed by atoms with Crippen LogP contribution in [-0.2, 0) is 10.0 Å². The van der Waals surface area contributed by atoms with E-state index < -0.39 is 15.8 Å². The first-order valence-electron chi connectivity index (χ1n) is 5.89. The number of rotatable bonds is 5. The first-order chi connectivity index (χ1) is 9.53. The zero-order valence-corrected chi connectivity index (χ0v) is 11.5. The second-order valence-electron chi connectivity index (χ2n) is 3.85. The van der Waals surface area contributed by atoms with Gasteiger partial charge in [-0.2, -0.15) is 0 Å². The van der Waals surface area contributed by atoms with Gasteiger partial charge in [0.25, 0.3) is 10.0 Å². The normalized spacial score (nSPS) is 11.1. The summed E-state index contributed by atoms with van der Waals surface area (Å²) >= 11 is 0. The van der Waals surface area contributed by atoms with Crippen LogP contribution < -0.4 is 9.46 Å². The predicted molar refractivity (Wildman–Crippen MR) is 72.6 cm³/mol. The zero-order chi connectivity index (χ0) is 14.6. The van der Waals surface area contributed by atoms with Gasteiger partial charge in [0.2, 0.25) is 0 Å². The Hall–Kier alpha value is -2.15. The lowest BCUT2D eigenvalue weighted by Gasteiger charge is -2.09. The lowest BCUT2D eigenvalue weighted by atomic mass is 10.3. The van der Waals surface area contributed by atoms with Gasteiger partial charge in [-0.3, -0.25) is 4.72 Å². The van der Waals surface area contributed by atoms with Crippen LogP contribution in [0, 0.1) is 5.82 Å². The molecule has 0 unspecified atom stereocenters. The summed E-state index contributed by atoms with van der Waals surface area (Å²) in [6.07, 6.45) is 1.47. The summed E-state index contributed by atoms with van der Waals surface area (Å²) in [6, 6.07) is 8.21. The van der Waals surface area contributed by atoms with Gasteiger partial charge in [0, 0.05) is 12.3 Å². The molecule has 0 fully saturated rings. The molecular weight excluding hydrogens is 283 g/mol. The van der Waals surface area contributed by atoms with Gasteiger partial charge < -0.3 is 4.74 Å². The van der Waals surface area contributed by atoms with Crippen LogP contribution in [0.4, 0.5) is 10.2 Å². The Morgan fingerprint density at radius 3 is 2.75 bits per heavy atom. The number of benzene rings is 1. The Labute approximate surface area is 116 Å². The average molecular weight is 296 g/mol. The fourth-order valence-electron chi connectivity index (χ4n) is 1.54. The largest absolute Gasteiger partial charge is 0.491 e. The van der Waals surface area contributed by atoms with Crippen LogP contribution in [-0.4, -0.2) is 20.0 Å². The number of nitrogens with zero attached hydrogens (tertiary/aromatic N) is 1. The number of anilines is 1. The van der Waals surface area contributed by atoms with Gasteiger partial charge in [-0.1, -0.05) is 6.07 Å². The van der Waals surface area contributed by atoms with E-state index >= 15 is 0 Å². The number of hydrogen-bond donors (Lipinski definition) is 1. The summed E-state index contributed by atoms with van der Waals surface area (Å²) in [6.45, 7) is 1.93. The third-order valence-electron chi connectivity index (χ3n) is 2.42. The third-order valence-corrected chi connectivity index (χ3v) is 3.77. The van der Waals surface area contributed by atoms with Crippen molar-refractivity contribution >= 4 is 15.8 Å². The minimum absolute atomic E-state index is 0.0898. The predicted octanol–water partition coefficient (Wildman–Crippen LogP) is 2.42. The van der Waals surface area contributed by atoms with Crippen LogP contribution in [0.1, 0.15) is 6.92 Å². The molecule has 1 heterocycles. The molecule has 106 valence electrons. The van der Waals surface area contributed by atoms with Gasteiger partial charge in [-0.15, -0.1) is 0 Å². The van der Waals surface area contributed by atoms with Crippen molar-refractivity contribution < 1.29 is 17.5 Å². The first kappa shape index (κ1) is 14.3. The van der Waals surface area contributed by atoms with Crippen molar-refractivity contribution in [2.75, 3.05) is 11.3 Å². The van der Waals surface area contributed by atoms with Gasteiger partial charge in [0.05, 0.1) is 11.5 Å². The lowest BCUT2D eigenvalue weighted by molar-refractivity contribution is 0.320. The summed E-state index contributed by atoms with van der Waals surface area (Å²) in [4.78, 5) is 3.78. The fourth-order valence-corrected chi connectivity index (χ4v) is 2.56. The molecule has 2 aromatic rings. The molecule has 0 atom stereocenters. The highest BCUT2D eigenvalue weighted by Gasteiger charge is 2.17. The average Bonchev–Trinajstić information content (AvgIpc) is 2.42. The molecule has 0 aliphatic rings. The van der Waals surface area contributed by atoms with Crippen LogP contribution >= 0.6 is 0 Å². The van der Waals surface area contributed by atoms with E-state index in [0.717, 1.165) is 12.1 Å². The molecule has 7 heteroatoms. The molecule has 5 nitrogen and oxygen atoms in total. The highest BCUT2D eigenvalue weighted by atomic mass is 32.2. The van der Waals surface area contributed by atoms with Gasteiger partial charge >= 0.3 is 0 Å².